The molecule has 1 fully saturated rings. The van der Waals surface area contributed by atoms with Crippen molar-refractivity contribution in [3.8, 4) is 0 Å². The second-order valence-corrected chi connectivity index (χ2v) is 9.15. The first-order chi connectivity index (χ1) is 16.4. The van der Waals surface area contributed by atoms with Gasteiger partial charge in [-0.25, -0.2) is 4.39 Å². The molecule has 1 saturated heterocycles. The number of benzene rings is 2. The van der Waals surface area contributed by atoms with Crippen LogP contribution in [0.1, 0.15) is 52.8 Å². The number of hydrogen-bond acceptors (Lipinski definition) is 3. The molecule has 0 aliphatic carbocycles. The highest BCUT2D eigenvalue weighted by Crippen LogP contribution is 2.33. The first-order valence-electron chi connectivity index (χ1n) is 12.2. The van der Waals surface area contributed by atoms with E-state index in [0.29, 0.717) is 12.2 Å². The van der Waals surface area contributed by atoms with Crippen LogP contribution >= 0.6 is 0 Å². The normalized spacial score (nSPS) is 15.4. The maximum Gasteiger partial charge on any atom is 0.268 e. The average molecular weight is 463 g/mol. The lowest BCUT2D eigenvalue weighted by Gasteiger charge is -2.36. The quantitative estimate of drug-likeness (QED) is 0.542. The fourth-order valence-electron chi connectivity index (χ4n) is 4.99. The number of aromatic nitrogens is 1. The van der Waals surface area contributed by atoms with Crippen LogP contribution < -0.4 is 10.2 Å². The van der Waals surface area contributed by atoms with Crippen LogP contribution in [0, 0.1) is 19.7 Å². The average Bonchev–Trinajstić information content (AvgIpc) is 3.10. The number of nitrogens with zero attached hydrogens (tertiary/aromatic N) is 3. The number of nitrogens with one attached hydrogen (secondary N) is 1. The summed E-state index contributed by atoms with van der Waals surface area (Å²) in [7, 11) is 0. The Kier molecular flexibility index (Phi) is 7.37. The molecule has 1 aromatic heterocycles. The third kappa shape index (κ3) is 5.02. The highest BCUT2D eigenvalue weighted by Gasteiger charge is 2.28. The summed E-state index contributed by atoms with van der Waals surface area (Å²) in [4.78, 5) is 18.5. The molecule has 1 N–H and O–H groups in total. The number of amides is 1. The molecule has 1 aliphatic heterocycles. The van der Waals surface area contributed by atoms with Gasteiger partial charge in [0.15, 0.2) is 0 Å². The highest BCUT2D eigenvalue weighted by atomic mass is 19.1. The zero-order valence-corrected chi connectivity index (χ0v) is 20.6. The number of likely N-dealkylation sites (N-methyl/N-ethyl adjacent to an activating group) is 1. The number of carbonyl (C=O) groups excluding carboxylic acids is 1. The van der Waals surface area contributed by atoms with Crippen molar-refractivity contribution < 1.29 is 9.18 Å². The van der Waals surface area contributed by atoms with Crippen molar-refractivity contribution in [2.24, 2.45) is 0 Å². The lowest BCUT2D eigenvalue weighted by molar-refractivity contribution is 0.0930. The molecule has 5 nitrogen and oxygen atoms in total. The Morgan fingerprint density at radius 1 is 1.00 bits per heavy atom. The van der Waals surface area contributed by atoms with Gasteiger partial charge in [-0.05, 0) is 50.6 Å². The molecule has 3 aromatic rings. The molecular weight excluding hydrogens is 427 g/mol. The predicted octanol–water partition coefficient (Wildman–Crippen LogP) is 4.93. The summed E-state index contributed by atoms with van der Waals surface area (Å²) in [6, 6.07) is 16.4. The molecule has 6 heteroatoms. The molecule has 0 spiro atoms. The molecular formula is C28H35FN4O. The van der Waals surface area contributed by atoms with E-state index in [4.69, 9.17) is 0 Å². The molecule has 2 heterocycles. The maximum atomic E-state index is 13.6. The van der Waals surface area contributed by atoms with Gasteiger partial charge >= 0.3 is 0 Å². The SMILES string of the molecule is CCN1CCN(c2c(C)c(C(=O)NC(C)c3ccccc3)n(Cc3ccc(F)cc3)c2C)CC1. The first kappa shape index (κ1) is 24.0. The predicted molar refractivity (Wildman–Crippen MR) is 136 cm³/mol. The lowest BCUT2D eigenvalue weighted by atomic mass is 10.1. The number of anilines is 1. The molecule has 1 unspecified atom stereocenters. The van der Waals surface area contributed by atoms with E-state index in [-0.39, 0.29) is 17.8 Å². The minimum atomic E-state index is -0.256. The third-order valence-electron chi connectivity index (χ3n) is 6.98. The third-order valence-corrected chi connectivity index (χ3v) is 6.98. The molecule has 1 amide bonds. The highest BCUT2D eigenvalue weighted by molar-refractivity contribution is 5.97. The fourth-order valence-corrected chi connectivity index (χ4v) is 4.99. The van der Waals surface area contributed by atoms with E-state index < -0.39 is 0 Å². The number of halogens is 1. The van der Waals surface area contributed by atoms with Crippen molar-refractivity contribution >= 4 is 11.6 Å². The molecule has 34 heavy (non-hydrogen) atoms. The molecule has 0 saturated carbocycles. The fraction of sp³-hybridized carbons (Fsp3) is 0.393. The van der Waals surface area contributed by atoms with E-state index in [1.165, 1.54) is 12.1 Å². The maximum absolute atomic E-state index is 13.6. The van der Waals surface area contributed by atoms with Crippen molar-refractivity contribution in [3.63, 3.8) is 0 Å². The molecule has 1 atom stereocenters. The van der Waals surface area contributed by atoms with Crippen LogP contribution in [0.25, 0.3) is 0 Å². The van der Waals surface area contributed by atoms with E-state index in [1.807, 2.05) is 37.3 Å². The summed E-state index contributed by atoms with van der Waals surface area (Å²) < 4.78 is 15.6. The monoisotopic (exact) mass is 462 g/mol. The van der Waals surface area contributed by atoms with E-state index in [1.54, 1.807) is 12.1 Å². The summed E-state index contributed by atoms with van der Waals surface area (Å²) in [6.07, 6.45) is 0. The first-order valence-corrected chi connectivity index (χ1v) is 12.2. The second kappa shape index (κ2) is 10.4. The van der Waals surface area contributed by atoms with Crippen LogP contribution in [0.5, 0.6) is 0 Å². The molecule has 4 rings (SSSR count). The molecule has 1 aliphatic rings. The summed E-state index contributed by atoms with van der Waals surface area (Å²) in [6.45, 7) is 13.8. The van der Waals surface area contributed by atoms with Crippen molar-refractivity contribution in [2.45, 2.75) is 40.3 Å². The van der Waals surface area contributed by atoms with Gasteiger partial charge in [0.1, 0.15) is 11.5 Å². The van der Waals surface area contributed by atoms with Gasteiger partial charge in [-0.1, -0.05) is 49.4 Å². The van der Waals surface area contributed by atoms with Crippen molar-refractivity contribution in [1.29, 1.82) is 0 Å². The smallest absolute Gasteiger partial charge is 0.268 e. The topological polar surface area (TPSA) is 40.5 Å². The second-order valence-electron chi connectivity index (χ2n) is 9.15. The lowest BCUT2D eigenvalue weighted by Crippen LogP contribution is -2.46. The molecule has 0 bridgehead atoms. The van der Waals surface area contributed by atoms with Gasteiger partial charge in [0.25, 0.3) is 5.91 Å². The zero-order chi connectivity index (χ0) is 24.2. The van der Waals surface area contributed by atoms with Gasteiger partial charge < -0.3 is 19.7 Å². The Balaban J connectivity index is 1.69. The summed E-state index contributed by atoms with van der Waals surface area (Å²) in [5.74, 6) is -0.342. The minimum Gasteiger partial charge on any atom is -0.367 e. The summed E-state index contributed by atoms with van der Waals surface area (Å²) >= 11 is 0. The summed E-state index contributed by atoms with van der Waals surface area (Å²) in [5.41, 5.74) is 5.93. The van der Waals surface area contributed by atoms with Gasteiger partial charge in [-0.3, -0.25) is 4.79 Å². The number of piperazine rings is 1. The van der Waals surface area contributed by atoms with E-state index in [0.717, 1.165) is 60.8 Å². The largest absolute Gasteiger partial charge is 0.367 e. The Morgan fingerprint density at radius 3 is 2.26 bits per heavy atom. The van der Waals surface area contributed by atoms with Crippen LogP contribution in [0.15, 0.2) is 54.6 Å². The standard InChI is InChI=1S/C28H35FN4O/c1-5-31-15-17-32(18-16-31)26-20(2)27(28(34)30-21(3)24-9-7-6-8-10-24)33(22(26)4)19-23-11-13-25(29)14-12-23/h6-14,21H,5,15-19H2,1-4H3,(H,30,34). The Bertz CT molecular complexity index is 1120. The Hall–Kier alpha value is -3.12. The van der Waals surface area contributed by atoms with Crippen LogP contribution in [0.2, 0.25) is 0 Å². The van der Waals surface area contributed by atoms with Gasteiger partial charge in [0, 0.05) is 44.0 Å². The van der Waals surface area contributed by atoms with E-state index in [2.05, 4.69) is 40.5 Å². The van der Waals surface area contributed by atoms with Crippen LogP contribution in [0.4, 0.5) is 10.1 Å². The van der Waals surface area contributed by atoms with E-state index >= 15 is 0 Å². The van der Waals surface area contributed by atoms with Gasteiger partial charge in [0.2, 0.25) is 0 Å². The van der Waals surface area contributed by atoms with Crippen molar-refractivity contribution in [3.05, 3.63) is 88.5 Å². The molecule has 0 radical (unpaired) electrons. The van der Waals surface area contributed by atoms with Crippen molar-refractivity contribution in [2.75, 3.05) is 37.6 Å². The van der Waals surface area contributed by atoms with Crippen molar-refractivity contribution in [1.82, 2.24) is 14.8 Å². The Morgan fingerprint density at radius 2 is 1.65 bits per heavy atom. The van der Waals surface area contributed by atoms with Crippen LogP contribution in [-0.2, 0) is 6.54 Å². The van der Waals surface area contributed by atoms with Crippen LogP contribution in [0.3, 0.4) is 0 Å². The Labute approximate surface area is 202 Å². The summed E-state index contributed by atoms with van der Waals surface area (Å²) in [5, 5.41) is 3.20. The van der Waals surface area contributed by atoms with Gasteiger partial charge in [0.05, 0.1) is 11.7 Å². The van der Waals surface area contributed by atoms with E-state index in [9.17, 15) is 9.18 Å². The van der Waals surface area contributed by atoms with Gasteiger partial charge in [-0.2, -0.15) is 0 Å². The number of carbonyl (C=O) groups is 1. The zero-order valence-electron chi connectivity index (χ0n) is 20.6. The number of rotatable bonds is 7. The molecule has 2 aromatic carbocycles. The van der Waals surface area contributed by atoms with Crippen LogP contribution in [-0.4, -0.2) is 48.1 Å². The minimum absolute atomic E-state index is 0.0856. The van der Waals surface area contributed by atoms with Gasteiger partial charge in [-0.15, -0.1) is 0 Å². The molecule has 180 valence electrons. The number of hydrogen-bond donors (Lipinski definition) is 1.